The van der Waals surface area contributed by atoms with Crippen molar-refractivity contribution in [2.24, 2.45) is 5.41 Å². The number of nitrogens with one attached hydrogen (secondary N) is 1. The van der Waals surface area contributed by atoms with Crippen LogP contribution in [0.15, 0.2) is 24.4 Å². The number of hydrogen-bond donors (Lipinski definition) is 1. The molecule has 1 aliphatic rings. The zero-order valence-corrected chi connectivity index (χ0v) is 10.9. The quantitative estimate of drug-likeness (QED) is 0.861. The molecule has 1 N–H and O–H groups in total. The van der Waals surface area contributed by atoms with Crippen LogP contribution >= 0.6 is 0 Å². The van der Waals surface area contributed by atoms with Crippen molar-refractivity contribution in [1.82, 2.24) is 15.2 Å². The number of aromatic nitrogens is 1. The minimum atomic E-state index is 0.418. The van der Waals surface area contributed by atoms with E-state index in [1.807, 2.05) is 12.3 Å². The Morgan fingerprint density at radius 1 is 1.47 bits per heavy atom. The molecule has 1 aromatic heterocycles. The Balaban J connectivity index is 1.86. The number of pyridine rings is 1. The summed E-state index contributed by atoms with van der Waals surface area (Å²) in [5.41, 5.74) is 1.57. The van der Waals surface area contributed by atoms with Gasteiger partial charge >= 0.3 is 0 Å². The number of piperidine rings is 1. The van der Waals surface area contributed by atoms with Gasteiger partial charge in [-0.25, -0.2) is 0 Å². The molecule has 0 aromatic carbocycles. The average Bonchev–Trinajstić information content (AvgIpc) is 2.30. The van der Waals surface area contributed by atoms with Crippen LogP contribution in [0.3, 0.4) is 0 Å². The maximum absolute atomic E-state index is 4.38. The highest BCUT2D eigenvalue weighted by molar-refractivity contribution is 5.03. The van der Waals surface area contributed by atoms with Crippen molar-refractivity contribution in [3.05, 3.63) is 30.1 Å². The van der Waals surface area contributed by atoms with E-state index in [9.17, 15) is 0 Å². The lowest BCUT2D eigenvalue weighted by Gasteiger charge is -2.37. The van der Waals surface area contributed by atoms with Crippen LogP contribution in [-0.2, 0) is 6.54 Å². The van der Waals surface area contributed by atoms with E-state index in [4.69, 9.17) is 0 Å². The summed E-state index contributed by atoms with van der Waals surface area (Å²) in [5.74, 6) is 0. The maximum atomic E-state index is 4.38. The summed E-state index contributed by atoms with van der Waals surface area (Å²) in [4.78, 5) is 6.76. The molecular weight excluding hydrogens is 210 g/mol. The van der Waals surface area contributed by atoms with Gasteiger partial charge in [0.15, 0.2) is 0 Å². The van der Waals surface area contributed by atoms with Gasteiger partial charge in [-0.3, -0.25) is 9.88 Å². The highest BCUT2D eigenvalue weighted by atomic mass is 15.1. The molecule has 3 nitrogen and oxygen atoms in total. The standard InChI is InChI=1S/C14H23N3/c1-14(7-5-8-15-11-14)12-17(2)10-13-6-3-4-9-16-13/h3-4,6,9,15H,5,7-8,10-12H2,1-2H3. The SMILES string of the molecule is CN(Cc1ccccn1)CC1(C)CCCNC1. The third-order valence-corrected chi connectivity index (χ3v) is 3.50. The summed E-state index contributed by atoms with van der Waals surface area (Å²) in [6.45, 7) is 6.78. The molecule has 0 bridgehead atoms. The Bertz CT molecular complexity index is 331. The molecule has 0 spiro atoms. The van der Waals surface area contributed by atoms with E-state index in [1.165, 1.54) is 19.4 Å². The lowest BCUT2D eigenvalue weighted by molar-refractivity contribution is 0.148. The van der Waals surface area contributed by atoms with Crippen molar-refractivity contribution in [1.29, 1.82) is 0 Å². The van der Waals surface area contributed by atoms with E-state index < -0.39 is 0 Å². The summed E-state index contributed by atoms with van der Waals surface area (Å²) in [5, 5.41) is 3.50. The molecule has 1 aromatic rings. The molecule has 1 saturated heterocycles. The fourth-order valence-corrected chi connectivity index (χ4v) is 2.73. The summed E-state index contributed by atoms with van der Waals surface area (Å²) in [6, 6.07) is 6.12. The van der Waals surface area contributed by atoms with Crippen molar-refractivity contribution in [2.75, 3.05) is 26.7 Å². The highest BCUT2D eigenvalue weighted by Gasteiger charge is 2.27. The summed E-state index contributed by atoms with van der Waals surface area (Å²) < 4.78 is 0. The molecule has 94 valence electrons. The van der Waals surface area contributed by atoms with Gasteiger partial charge in [0.05, 0.1) is 5.69 Å². The molecule has 17 heavy (non-hydrogen) atoms. The molecule has 1 unspecified atom stereocenters. The van der Waals surface area contributed by atoms with Crippen molar-refractivity contribution in [2.45, 2.75) is 26.3 Å². The Labute approximate surface area is 104 Å². The highest BCUT2D eigenvalue weighted by Crippen LogP contribution is 2.26. The van der Waals surface area contributed by atoms with Crippen LogP contribution in [0.5, 0.6) is 0 Å². The van der Waals surface area contributed by atoms with Crippen LogP contribution in [0.1, 0.15) is 25.5 Å². The van der Waals surface area contributed by atoms with Gasteiger partial charge in [-0.1, -0.05) is 13.0 Å². The number of hydrogen-bond acceptors (Lipinski definition) is 3. The monoisotopic (exact) mass is 233 g/mol. The third kappa shape index (κ3) is 3.79. The molecule has 1 atom stereocenters. The van der Waals surface area contributed by atoms with Gasteiger partial charge < -0.3 is 5.32 Å². The van der Waals surface area contributed by atoms with Gasteiger partial charge in [0.25, 0.3) is 0 Å². The van der Waals surface area contributed by atoms with E-state index in [0.29, 0.717) is 5.41 Å². The first kappa shape index (κ1) is 12.5. The molecular formula is C14H23N3. The number of rotatable bonds is 4. The average molecular weight is 233 g/mol. The molecule has 2 heterocycles. The van der Waals surface area contributed by atoms with Gasteiger partial charge in [-0.15, -0.1) is 0 Å². The van der Waals surface area contributed by atoms with Crippen LogP contribution in [-0.4, -0.2) is 36.6 Å². The first-order valence-electron chi connectivity index (χ1n) is 6.47. The predicted molar refractivity (Wildman–Crippen MR) is 70.8 cm³/mol. The summed E-state index contributed by atoms with van der Waals surface area (Å²) in [6.07, 6.45) is 4.49. The van der Waals surface area contributed by atoms with Crippen LogP contribution in [0.2, 0.25) is 0 Å². The lowest BCUT2D eigenvalue weighted by Crippen LogP contribution is -2.44. The van der Waals surface area contributed by atoms with Crippen LogP contribution in [0.25, 0.3) is 0 Å². The number of nitrogens with zero attached hydrogens (tertiary/aromatic N) is 2. The van der Waals surface area contributed by atoms with Gasteiger partial charge in [0.1, 0.15) is 0 Å². The Morgan fingerprint density at radius 3 is 3.00 bits per heavy atom. The third-order valence-electron chi connectivity index (χ3n) is 3.50. The zero-order chi connectivity index (χ0) is 12.1. The van der Waals surface area contributed by atoms with Gasteiger partial charge in [-0.05, 0) is 44.0 Å². The Morgan fingerprint density at radius 2 is 2.35 bits per heavy atom. The zero-order valence-electron chi connectivity index (χ0n) is 10.9. The van der Waals surface area contributed by atoms with E-state index >= 15 is 0 Å². The Kier molecular flexibility index (Phi) is 4.13. The maximum Gasteiger partial charge on any atom is 0.0543 e. The molecule has 2 rings (SSSR count). The van der Waals surface area contributed by atoms with Gasteiger partial charge in [0, 0.05) is 25.8 Å². The smallest absolute Gasteiger partial charge is 0.0543 e. The van der Waals surface area contributed by atoms with E-state index in [1.54, 1.807) is 0 Å². The second-order valence-electron chi connectivity index (χ2n) is 5.58. The van der Waals surface area contributed by atoms with Crippen LogP contribution in [0.4, 0.5) is 0 Å². The fourth-order valence-electron chi connectivity index (χ4n) is 2.73. The van der Waals surface area contributed by atoms with Crippen molar-refractivity contribution in [3.63, 3.8) is 0 Å². The van der Waals surface area contributed by atoms with Crippen LogP contribution in [0, 0.1) is 5.41 Å². The molecule has 0 saturated carbocycles. The van der Waals surface area contributed by atoms with Crippen LogP contribution < -0.4 is 5.32 Å². The van der Waals surface area contributed by atoms with E-state index in [2.05, 4.69) is 41.3 Å². The second-order valence-corrected chi connectivity index (χ2v) is 5.58. The van der Waals surface area contributed by atoms with Gasteiger partial charge in [-0.2, -0.15) is 0 Å². The lowest BCUT2D eigenvalue weighted by atomic mass is 9.82. The first-order valence-corrected chi connectivity index (χ1v) is 6.47. The van der Waals surface area contributed by atoms with E-state index in [0.717, 1.165) is 25.3 Å². The molecule has 1 fully saturated rings. The van der Waals surface area contributed by atoms with Crippen molar-refractivity contribution >= 4 is 0 Å². The van der Waals surface area contributed by atoms with Gasteiger partial charge in [0.2, 0.25) is 0 Å². The molecule has 0 amide bonds. The van der Waals surface area contributed by atoms with E-state index in [-0.39, 0.29) is 0 Å². The summed E-state index contributed by atoms with van der Waals surface area (Å²) >= 11 is 0. The van der Waals surface area contributed by atoms with Crippen molar-refractivity contribution in [3.8, 4) is 0 Å². The minimum Gasteiger partial charge on any atom is -0.316 e. The summed E-state index contributed by atoms with van der Waals surface area (Å²) in [7, 11) is 2.19. The largest absolute Gasteiger partial charge is 0.316 e. The molecule has 0 aliphatic carbocycles. The Hall–Kier alpha value is -0.930. The predicted octanol–water partition coefficient (Wildman–Crippen LogP) is 1.90. The first-order chi connectivity index (χ1) is 8.18. The molecule has 1 aliphatic heterocycles. The fraction of sp³-hybridized carbons (Fsp3) is 0.643. The van der Waals surface area contributed by atoms with Crippen molar-refractivity contribution < 1.29 is 0 Å². The second kappa shape index (κ2) is 5.61. The molecule has 3 heteroatoms. The normalized spacial score (nSPS) is 25.1. The topological polar surface area (TPSA) is 28.2 Å². The molecule has 0 radical (unpaired) electrons. The minimum absolute atomic E-state index is 0.418.